The first-order chi connectivity index (χ1) is 13.8. The summed E-state index contributed by atoms with van der Waals surface area (Å²) in [5.41, 5.74) is 0.657. The van der Waals surface area contributed by atoms with Gasteiger partial charge in [0.25, 0.3) is 11.8 Å². The molecule has 0 spiro atoms. The van der Waals surface area contributed by atoms with Crippen LogP contribution in [-0.4, -0.2) is 50.7 Å². The Balaban J connectivity index is 1.42. The second-order valence-corrected chi connectivity index (χ2v) is 8.46. The highest BCUT2D eigenvalue weighted by molar-refractivity contribution is 7.89. The van der Waals surface area contributed by atoms with E-state index in [4.69, 9.17) is 11.6 Å². The van der Waals surface area contributed by atoms with Crippen LogP contribution in [-0.2, 0) is 14.8 Å². The fraction of sp³-hybridized carbons (Fsp3) is 0.211. The molecule has 0 saturated carbocycles. The van der Waals surface area contributed by atoms with Gasteiger partial charge < -0.3 is 5.32 Å². The molecule has 10 heteroatoms. The molecule has 29 heavy (non-hydrogen) atoms. The number of carbonyl (C=O) groups is 3. The normalized spacial score (nSPS) is 13.5. The number of rotatable bonds is 8. The number of hydrogen-bond acceptors (Lipinski definition) is 5. The third kappa shape index (κ3) is 4.81. The molecule has 0 fully saturated rings. The number of fused-ring (bicyclic) bond motifs is 1. The Hall–Kier alpha value is -2.75. The summed E-state index contributed by atoms with van der Waals surface area (Å²) in [6.07, 6.45) is -0.0740. The molecular formula is C19H18ClN3O5S. The van der Waals surface area contributed by atoms with E-state index in [2.05, 4.69) is 10.0 Å². The number of hydrogen-bond donors (Lipinski definition) is 2. The van der Waals surface area contributed by atoms with E-state index in [9.17, 15) is 22.8 Å². The first-order valence-corrected chi connectivity index (χ1v) is 10.6. The van der Waals surface area contributed by atoms with Crippen LogP contribution in [0.4, 0.5) is 0 Å². The molecule has 152 valence electrons. The molecule has 2 N–H and O–H groups in total. The Morgan fingerprint density at radius 3 is 2.10 bits per heavy atom. The molecule has 0 aromatic heterocycles. The number of imide groups is 1. The van der Waals surface area contributed by atoms with Crippen LogP contribution < -0.4 is 10.0 Å². The van der Waals surface area contributed by atoms with Gasteiger partial charge in [0.15, 0.2) is 0 Å². The van der Waals surface area contributed by atoms with Crippen molar-refractivity contribution in [1.29, 1.82) is 0 Å². The van der Waals surface area contributed by atoms with E-state index in [1.54, 1.807) is 24.3 Å². The highest BCUT2D eigenvalue weighted by atomic mass is 35.5. The third-order valence-corrected chi connectivity index (χ3v) is 6.03. The van der Waals surface area contributed by atoms with Crippen molar-refractivity contribution in [3.63, 3.8) is 0 Å². The molecule has 3 rings (SSSR count). The topological polar surface area (TPSA) is 113 Å². The fourth-order valence-corrected chi connectivity index (χ4v) is 3.99. The van der Waals surface area contributed by atoms with Crippen molar-refractivity contribution >= 4 is 39.3 Å². The summed E-state index contributed by atoms with van der Waals surface area (Å²) < 4.78 is 26.6. The molecule has 0 atom stereocenters. The molecule has 0 radical (unpaired) electrons. The van der Waals surface area contributed by atoms with Crippen LogP contribution in [0.5, 0.6) is 0 Å². The minimum absolute atomic E-state index is 0.0102. The minimum atomic E-state index is -3.70. The number of nitrogens with zero attached hydrogens (tertiary/aromatic N) is 1. The van der Waals surface area contributed by atoms with Gasteiger partial charge in [-0.1, -0.05) is 23.7 Å². The monoisotopic (exact) mass is 435 g/mol. The second-order valence-electron chi connectivity index (χ2n) is 6.26. The number of amides is 3. The average molecular weight is 436 g/mol. The Bertz CT molecular complexity index is 1020. The van der Waals surface area contributed by atoms with Crippen molar-refractivity contribution in [1.82, 2.24) is 14.9 Å². The smallest absolute Gasteiger partial charge is 0.261 e. The Labute approximate surface area is 172 Å². The molecule has 0 saturated heterocycles. The zero-order valence-electron chi connectivity index (χ0n) is 15.2. The molecule has 0 unspecified atom stereocenters. The van der Waals surface area contributed by atoms with Crippen molar-refractivity contribution in [2.45, 2.75) is 11.3 Å². The molecule has 8 nitrogen and oxygen atoms in total. The quantitative estimate of drug-likeness (QED) is 0.481. The van der Waals surface area contributed by atoms with E-state index in [1.807, 2.05) is 0 Å². The molecule has 0 aliphatic carbocycles. The van der Waals surface area contributed by atoms with Crippen molar-refractivity contribution < 1.29 is 22.8 Å². The fourth-order valence-electron chi connectivity index (χ4n) is 2.83. The van der Waals surface area contributed by atoms with Gasteiger partial charge >= 0.3 is 0 Å². The number of carbonyl (C=O) groups excluding carboxylic acids is 3. The summed E-state index contributed by atoms with van der Waals surface area (Å²) >= 11 is 5.74. The van der Waals surface area contributed by atoms with E-state index in [0.29, 0.717) is 16.1 Å². The van der Waals surface area contributed by atoms with Gasteiger partial charge in [0.05, 0.1) is 16.0 Å². The number of benzene rings is 2. The zero-order valence-corrected chi connectivity index (χ0v) is 16.8. The van der Waals surface area contributed by atoms with Crippen molar-refractivity contribution in [2.24, 2.45) is 0 Å². The predicted molar refractivity (Wildman–Crippen MR) is 106 cm³/mol. The predicted octanol–water partition coefficient (Wildman–Crippen LogP) is 1.42. The van der Waals surface area contributed by atoms with Crippen molar-refractivity contribution in [3.8, 4) is 0 Å². The maximum absolute atomic E-state index is 12.2. The summed E-state index contributed by atoms with van der Waals surface area (Å²) in [4.78, 5) is 37.5. The lowest BCUT2D eigenvalue weighted by atomic mass is 10.1. The Morgan fingerprint density at radius 1 is 0.931 bits per heavy atom. The van der Waals surface area contributed by atoms with Crippen LogP contribution in [0.2, 0.25) is 5.02 Å². The van der Waals surface area contributed by atoms with E-state index in [1.165, 1.54) is 24.3 Å². The van der Waals surface area contributed by atoms with Gasteiger partial charge in [-0.3, -0.25) is 19.3 Å². The highest BCUT2D eigenvalue weighted by Gasteiger charge is 2.34. The molecule has 1 aliphatic rings. The van der Waals surface area contributed by atoms with Crippen LogP contribution in [0.15, 0.2) is 53.4 Å². The number of halogens is 1. The molecule has 2 aromatic rings. The average Bonchev–Trinajstić information content (AvgIpc) is 2.94. The number of nitrogens with one attached hydrogen (secondary N) is 2. The molecule has 1 heterocycles. The summed E-state index contributed by atoms with van der Waals surface area (Å²) in [6, 6.07) is 12.2. The molecule has 2 aromatic carbocycles. The van der Waals surface area contributed by atoms with Gasteiger partial charge in [0.2, 0.25) is 15.9 Å². The minimum Gasteiger partial charge on any atom is -0.355 e. The summed E-state index contributed by atoms with van der Waals surface area (Å²) in [5.74, 6) is -1.24. The first kappa shape index (κ1) is 21.0. The van der Waals surface area contributed by atoms with Crippen LogP contribution >= 0.6 is 11.6 Å². The van der Waals surface area contributed by atoms with Gasteiger partial charge in [-0.05, 0) is 36.4 Å². The van der Waals surface area contributed by atoms with Gasteiger partial charge in [-0.15, -0.1) is 0 Å². The first-order valence-electron chi connectivity index (χ1n) is 8.77. The van der Waals surface area contributed by atoms with Gasteiger partial charge in [-0.2, -0.15) is 0 Å². The van der Waals surface area contributed by atoms with E-state index < -0.39 is 27.7 Å². The Morgan fingerprint density at radius 2 is 1.52 bits per heavy atom. The van der Waals surface area contributed by atoms with Crippen LogP contribution in [0.1, 0.15) is 27.1 Å². The van der Waals surface area contributed by atoms with Gasteiger partial charge in [0.1, 0.15) is 0 Å². The van der Waals surface area contributed by atoms with Gasteiger partial charge in [0, 0.05) is 31.1 Å². The van der Waals surface area contributed by atoms with E-state index in [0.717, 1.165) is 4.90 Å². The SMILES string of the molecule is O=C(CCN1C(=O)c2ccccc2C1=O)NCCNS(=O)(=O)c1ccc(Cl)cc1. The zero-order chi connectivity index (χ0) is 21.0. The lowest BCUT2D eigenvalue weighted by molar-refractivity contribution is -0.121. The van der Waals surface area contributed by atoms with Crippen LogP contribution in [0.3, 0.4) is 0 Å². The van der Waals surface area contributed by atoms with Gasteiger partial charge in [-0.25, -0.2) is 13.1 Å². The maximum atomic E-state index is 12.2. The van der Waals surface area contributed by atoms with Crippen molar-refractivity contribution in [3.05, 3.63) is 64.7 Å². The molecule has 3 amide bonds. The lowest BCUT2D eigenvalue weighted by Gasteiger charge is -2.13. The maximum Gasteiger partial charge on any atom is 0.261 e. The molecular weight excluding hydrogens is 418 g/mol. The Kier molecular flexibility index (Phi) is 6.31. The second kappa shape index (κ2) is 8.73. The van der Waals surface area contributed by atoms with E-state index >= 15 is 0 Å². The third-order valence-electron chi connectivity index (χ3n) is 4.30. The molecule has 1 aliphatic heterocycles. The largest absolute Gasteiger partial charge is 0.355 e. The number of sulfonamides is 1. The summed E-state index contributed by atoms with van der Waals surface area (Å²) in [5, 5.41) is 2.98. The summed E-state index contributed by atoms with van der Waals surface area (Å²) in [7, 11) is -3.70. The highest BCUT2D eigenvalue weighted by Crippen LogP contribution is 2.22. The van der Waals surface area contributed by atoms with Crippen LogP contribution in [0.25, 0.3) is 0 Å². The van der Waals surface area contributed by atoms with E-state index in [-0.39, 0.29) is 31.0 Å². The summed E-state index contributed by atoms with van der Waals surface area (Å²) in [6.45, 7) is 0.00612. The van der Waals surface area contributed by atoms with Crippen molar-refractivity contribution in [2.75, 3.05) is 19.6 Å². The standard InChI is InChI=1S/C19H18ClN3O5S/c20-13-5-7-14(8-6-13)29(27,28)22-11-10-21-17(24)9-12-23-18(25)15-3-1-2-4-16(15)19(23)26/h1-8,22H,9-12H2,(H,21,24). The van der Waals surface area contributed by atoms with Crippen LogP contribution in [0, 0.1) is 0 Å². The molecule has 0 bridgehead atoms. The lowest BCUT2D eigenvalue weighted by Crippen LogP contribution is -2.37.